The summed E-state index contributed by atoms with van der Waals surface area (Å²) in [5, 5.41) is 48.8. The van der Waals surface area contributed by atoms with Gasteiger partial charge in [-0.05, 0) is 81.1 Å². The maximum absolute atomic E-state index is 14.0. The lowest BCUT2D eigenvalue weighted by Crippen LogP contribution is -2.65. The molecule has 2 fully saturated rings. The molecular formula is C32H37N3O7S. The van der Waals surface area contributed by atoms with E-state index in [0.29, 0.717) is 11.6 Å². The maximum atomic E-state index is 14.0. The minimum Gasteiger partial charge on any atom is -0.508 e. The summed E-state index contributed by atoms with van der Waals surface area (Å²) in [4.78, 5) is 43.1. The van der Waals surface area contributed by atoms with Crippen LogP contribution in [0.1, 0.15) is 54.5 Å². The SMILES string of the molecule is CN(C)C1C(=O)C(C(N)=O)=C(O)C2(O)C(=O)C3=C(O)c4c(O)ccc(-c5ccc(CNC6CCCCC6)s5)c4CC3CC12. The van der Waals surface area contributed by atoms with Crippen LogP contribution in [-0.2, 0) is 27.3 Å². The highest BCUT2D eigenvalue weighted by Crippen LogP contribution is 2.54. The molecule has 2 saturated carbocycles. The summed E-state index contributed by atoms with van der Waals surface area (Å²) >= 11 is 1.63. The minimum absolute atomic E-state index is 0.0574. The van der Waals surface area contributed by atoms with Gasteiger partial charge in [0, 0.05) is 33.8 Å². The van der Waals surface area contributed by atoms with Gasteiger partial charge in [0.15, 0.2) is 11.4 Å². The van der Waals surface area contributed by atoms with E-state index >= 15 is 0 Å². The van der Waals surface area contributed by atoms with E-state index in [9.17, 15) is 34.8 Å². The zero-order chi connectivity index (χ0) is 30.8. The molecule has 1 amide bonds. The van der Waals surface area contributed by atoms with Crippen LogP contribution in [0.2, 0.25) is 0 Å². The number of aliphatic hydroxyl groups is 3. The van der Waals surface area contributed by atoms with Gasteiger partial charge >= 0.3 is 0 Å². The van der Waals surface area contributed by atoms with Crippen LogP contribution in [0.4, 0.5) is 0 Å². The molecule has 43 heavy (non-hydrogen) atoms. The van der Waals surface area contributed by atoms with Gasteiger partial charge < -0.3 is 31.5 Å². The lowest BCUT2D eigenvalue weighted by Gasteiger charge is -2.50. The molecule has 4 atom stereocenters. The second kappa shape index (κ2) is 10.9. The zero-order valence-electron chi connectivity index (χ0n) is 24.2. The molecule has 0 radical (unpaired) electrons. The fraction of sp³-hybridized carbons (Fsp3) is 0.469. The number of nitrogens with one attached hydrogen (secondary N) is 1. The second-order valence-electron chi connectivity index (χ2n) is 12.4. The Kier molecular flexibility index (Phi) is 7.48. The van der Waals surface area contributed by atoms with Crippen LogP contribution >= 0.6 is 11.3 Å². The Morgan fingerprint density at radius 1 is 1.09 bits per heavy atom. The molecule has 4 unspecified atom stereocenters. The van der Waals surface area contributed by atoms with E-state index in [1.165, 1.54) is 47.9 Å². The number of phenols is 1. The molecule has 228 valence electrons. The highest BCUT2D eigenvalue weighted by atomic mass is 32.1. The fourth-order valence-corrected chi connectivity index (χ4v) is 8.66. The predicted octanol–water partition coefficient (Wildman–Crippen LogP) is 3.11. The van der Waals surface area contributed by atoms with E-state index in [1.807, 2.05) is 6.07 Å². The molecule has 1 aromatic heterocycles. The lowest BCUT2D eigenvalue weighted by molar-refractivity contribution is -0.153. The Bertz CT molecular complexity index is 1580. The van der Waals surface area contributed by atoms with Crippen LogP contribution in [0.15, 0.2) is 41.2 Å². The third-order valence-electron chi connectivity index (χ3n) is 9.70. The number of amides is 1. The van der Waals surface area contributed by atoms with E-state index < -0.39 is 58.0 Å². The van der Waals surface area contributed by atoms with Gasteiger partial charge in [-0.2, -0.15) is 0 Å². The maximum Gasteiger partial charge on any atom is 0.255 e. The van der Waals surface area contributed by atoms with Crippen molar-refractivity contribution in [2.24, 2.45) is 17.6 Å². The third-order valence-corrected chi connectivity index (χ3v) is 10.8. The molecule has 0 aliphatic heterocycles. The number of hydrogen-bond acceptors (Lipinski definition) is 10. The van der Waals surface area contributed by atoms with Crippen molar-refractivity contribution in [3.8, 4) is 16.2 Å². The van der Waals surface area contributed by atoms with Gasteiger partial charge in [-0.1, -0.05) is 19.3 Å². The molecule has 2 aromatic rings. The van der Waals surface area contributed by atoms with Gasteiger partial charge in [0.2, 0.25) is 5.78 Å². The van der Waals surface area contributed by atoms with Crippen molar-refractivity contribution in [3.05, 3.63) is 57.2 Å². The van der Waals surface area contributed by atoms with Gasteiger partial charge in [-0.15, -0.1) is 11.3 Å². The number of aromatic hydroxyl groups is 1. The normalized spacial score (nSPS) is 27.8. The van der Waals surface area contributed by atoms with Crippen LogP contribution < -0.4 is 11.1 Å². The number of thiophene rings is 1. The number of nitrogens with zero attached hydrogens (tertiary/aromatic N) is 1. The molecule has 1 aromatic carbocycles. The van der Waals surface area contributed by atoms with Gasteiger partial charge in [0.25, 0.3) is 5.91 Å². The van der Waals surface area contributed by atoms with Crippen molar-refractivity contribution in [1.29, 1.82) is 0 Å². The fourth-order valence-electron chi connectivity index (χ4n) is 7.64. The summed E-state index contributed by atoms with van der Waals surface area (Å²) in [6.07, 6.45) is 6.48. The van der Waals surface area contributed by atoms with E-state index in [4.69, 9.17) is 5.73 Å². The first-order valence-electron chi connectivity index (χ1n) is 14.8. The number of carbonyl (C=O) groups excluding carboxylic acids is 3. The highest BCUT2D eigenvalue weighted by Gasteiger charge is 2.64. The Morgan fingerprint density at radius 3 is 2.49 bits per heavy atom. The van der Waals surface area contributed by atoms with Crippen molar-refractivity contribution in [3.63, 3.8) is 0 Å². The number of phenolic OH excluding ortho intramolecular Hbond substituents is 1. The monoisotopic (exact) mass is 607 g/mol. The van der Waals surface area contributed by atoms with Crippen LogP contribution in [0.25, 0.3) is 16.2 Å². The molecule has 0 bridgehead atoms. The van der Waals surface area contributed by atoms with Crippen molar-refractivity contribution >= 4 is 34.6 Å². The van der Waals surface area contributed by atoms with Crippen LogP contribution in [0.5, 0.6) is 5.75 Å². The average Bonchev–Trinajstić information content (AvgIpc) is 3.43. The average molecular weight is 608 g/mol. The number of likely N-dealkylation sites (N-methyl/N-ethyl adjacent to an activating group) is 1. The Morgan fingerprint density at radius 2 is 1.81 bits per heavy atom. The third kappa shape index (κ3) is 4.61. The van der Waals surface area contributed by atoms with Crippen LogP contribution in [0.3, 0.4) is 0 Å². The number of hydrogen-bond donors (Lipinski definition) is 6. The number of fused-ring (bicyclic) bond motifs is 3. The Balaban J connectivity index is 1.40. The lowest BCUT2D eigenvalue weighted by atomic mass is 9.57. The quantitative estimate of drug-likeness (QED) is 0.270. The topological polar surface area (TPSA) is 173 Å². The summed E-state index contributed by atoms with van der Waals surface area (Å²) in [5.41, 5.74) is 3.36. The van der Waals surface area contributed by atoms with Crippen LogP contribution in [-0.4, -0.2) is 74.6 Å². The number of nitrogens with two attached hydrogens (primary N) is 1. The minimum atomic E-state index is -2.65. The molecule has 11 heteroatoms. The molecule has 6 rings (SSSR count). The highest BCUT2D eigenvalue weighted by molar-refractivity contribution is 7.15. The Hall–Kier alpha value is -3.51. The molecule has 4 aliphatic rings. The summed E-state index contributed by atoms with van der Waals surface area (Å²) in [6, 6.07) is 6.78. The summed E-state index contributed by atoms with van der Waals surface area (Å²) < 4.78 is 0. The smallest absolute Gasteiger partial charge is 0.255 e. The number of carbonyl (C=O) groups is 3. The number of aliphatic hydroxyl groups excluding tert-OH is 2. The molecule has 7 N–H and O–H groups in total. The first-order chi connectivity index (χ1) is 20.4. The number of Topliss-reactive ketones (excluding diaryl/α,β-unsaturated/α-hetero) is 2. The van der Waals surface area contributed by atoms with Crippen molar-refractivity contribution in [2.45, 2.75) is 69.2 Å². The zero-order valence-corrected chi connectivity index (χ0v) is 25.0. The van der Waals surface area contributed by atoms with Gasteiger partial charge in [0.05, 0.1) is 11.6 Å². The molecule has 0 spiro atoms. The standard InChI is InChI=1S/C32H37N3O7S/c1-35(2)26-20-13-15-12-19-18(22-11-8-17(43-22)14-34-16-6-4-3-5-7-16)9-10-21(36)24(19)27(37)23(15)29(39)32(20,42)30(40)25(28(26)38)31(33)41/h8-11,15-16,20,26,34,36-37,40,42H,3-7,12-14H2,1-2H3,(H2,33,41). The van der Waals surface area contributed by atoms with Crippen molar-refractivity contribution in [1.82, 2.24) is 10.2 Å². The van der Waals surface area contributed by atoms with E-state index in [-0.39, 0.29) is 29.7 Å². The largest absolute Gasteiger partial charge is 0.508 e. The van der Waals surface area contributed by atoms with Gasteiger partial charge in [-0.3, -0.25) is 19.3 Å². The molecule has 4 aliphatic carbocycles. The first-order valence-corrected chi connectivity index (χ1v) is 15.6. The van der Waals surface area contributed by atoms with Crippen LogP contribution in [0, 0.1) is 11.8 Å². The number of ketones is 2. The van der Waals surface area contributed by atoms with Crippen molar-refractivity contribution < 1.29 is 34.8 Å². The van der Waals surface area contributed by atoms with E-state index in [1.54, 1.807) is 31.5 Å². The Labute approximate surface area is 253 Å². The number of benzene rings is 1. The molecule has 0 saturated heterocycles. The molecular weight excluding hydrogens is 570 g/mol. The molecule has 10 nitrogen and oxygen atoms in total. The van der Waals surface area contributed by atoms with Gasteiger partial charge in [0.1, 0.15) is 22.8 Å². The summed E-state index contributed by atoms with van der Waals surface area (Å²) in [7, 11) is 3.17. The summed E-state index contributed by atoms with van der Waals surface area (Å²) in [5.74, 6) is -6.54. The second-order valence-corrected chi connectivity index (χ2v) is 13.6. The van der Waals surface area contributed by atoms with E-state index in [0.717, 1.165) is 17.0 Å². The van der Waals surface area contributed by atoms with E-state index in [2.05, 4.69) is 11.4 Å². The number of rotatable bonds is 6. The number of primary amides is 1. The predicted molar refractivity (Wildman–Crippen MR) is 161 cm³/mol. The first kappa shape index (κ1) is 29.6. The van der Waals surface area contributed by atoms with Crippen molar-refractivity contribution in [2.75, 3.05) is 14.1 Å². The van der Waals surface area contributed by atoms with Gasteiger partial charge in [-0.25, -0.2) is 0 Å². The molecule has 1 heterocycles. The summed E-state index contributed by atoms with van der Waals surface area (Å²) in [6.45, 7) is 0.757.